The second-order valence-corrected chi connectivity index (χ2v) is 4.69. The predicted molar refractivity (Wildman–Crippen MR) is 79.2 cm³/mol. The zero-order valence-corrected chi connectivity index (χ0v) is 11.9. The Morgan fingerprint density at radius 3 is 2.33 bits per heavy atom. The van der Waals surface area contributed by atoms with Crippen molar-refractivity contribution in [3.05, 3.63) is 53.6 Å². The molecule has 0 aliphatic carbocycles. The lowest BCUT2D eigenvalue weighted by atomic mass is 10.1. The van der Waals surface area contributed by atoms with Crippen molar-refractivity contribution < 1.29 is 33.0 Å². The number of aromatic hydroxyl groups is 1. The van der Waals surface area contributed by atoms with E-state index in [-0.39, 0.29) is 22.7 Å². The molecule has 0 heterocycles. The van der Waals surface area contributed by atoms with Gasteiger partial charge >= 0.3 is 18.2 Å². The third kappa shape index (κ3) is 4.15. The van der Waals surface area contributed by atoms with Crippen LogP contribution in [0.2, 0.25) is 0 Å². The number of phenolic OH excluding ortho intramolecular Hbond substituents is 1. The molecule has 0 aliphatic rings. The zero-order chi connectivity index (χ0) is 17.9. The minimum atomic E-state index is -4.55. The Morgan fingerprint density at radius 1 is 1.00 bits per heavy atom. The number of carbonyl (C=O) groups excluding carboxylic acids is 1. The van der Waals surface area contributed by atoms with E-state index < -0.39 is 23.7 Å². The van der Waals surface area contributed by atoms with Crippen molar-refractivity contribution in [2.75, 3.05) is 10.6 Å². The van der Waals surface area contributed by atoms with Crippen LogP contribution in [0.3, 0.4) is 0 Å². The monoisotopic (exact) mass is 340 g/mol. The van der Waals surface area contributed by atoms with Crippen molar-refractivity contribution in [3.63, 3.8) is 0 Å². The zero-order valence-electron chi connectivity index (χ0n) is 11.9. The number of carboxylic acid groups (broad SMARTS) is 1. The maximum atomic E-state index is 12.6. The van der Waals surface area contributed by atoms with Crippen LogP contribution in [0.25, 0.3) is 0 Å². The van der Waals surface area contributed by atoms with E-state index in [4.69, 9.17) is 5.11 Å². The lowest BCUT2D eigenvalue weighted by molar-refractivity contribution is -0.137. The highest BCUT2D eigenvalue weighted by molar-refractivity contribution is 6.04. The predicted octanol–water partition coefficient (Wildman–Crippen LogP) is 3.75. The van der Waals surface area contributed by atoms with Gasteiger partial charge in [0, 0.05) is 5.69 Å². The molecule has 6 nitrogen and oxygen atoms in total. The highest BCUT2D eigenvalue weighted by Crippen LogP contribution is 2.30. The number of rotatable bonds is 3. The van der Waals surface area contributed by atoms with Gasteiger partial charge in [0.1, 0.15) is 5.75 Å². The molecule has 126 valence electrons. The maximum Gasteiger partial charge on any atom is 0.416 e. The molecule has 0 radical (unpaired) electrons. The van der Waals surface area contributed by atoms with Gasteiger partial charge in [-0.25, -0.2) is 9.59 Å². The number of carboxylic acids is 1. The molecule has 2 amide bonds. The first-order chi connectivity index (χ1) is 11.2. The van der Waals surface area contributed by atoms with Gasteiger partial charge in [-0.1, -0.05) is 6.07 Å². The van der Waals surface area contributed by atoms with Crippen LogP contribution in [0.15, 0.2) is 42.5 Å². The molecule has 2 aromatic rings. The smallest absolute Gasteiger partial charge is 0.416 e. The Balaban J connectivity index is 2.16. The molecule has 0 saturated carbocycles. The lowest BCUT2D eigenvalue weighted by Crippen LogP contribution is -2.21. The standard InChI is InChI=1S/C15H11F3N2O4/c16-15(17,18)8-2-1-3-9(6-8)19-14(24)20-12-5-4-10(21)7-11(12)13(22)23/h1-7,21H,(H,22,23)(H2,19,20,24). The number of halogens is 3. The van der Waals surface area contributed by atoms with Crippen LogP contribution in [-0.4, -0.2) is 22.2 Å². The third-order valence-corrected chi connectivity index (χ3v) is 2.93. The van der Waals surface area contributed by atoms with Gasteiger partial charge in [-0.15, -0.1) is 0 Å². The highest BCUT2D eigenvalue weighted by atomic mass is 19.4. The van der Waals surface area contributed by atoms with Crippen LogP contribution in [-0.2, 0) is 6.18 Å². The second kappa shape index (κ2) is 6.49. The Bertz CT molecular complexity index is 791. The lowest BCUT2D eigenvalue weighted by Gasteiger charge is -2.12. The maximum absolute atomic E-state index is 12.6. The van der Waals surface area contributed by atoms with Gasteiger partial charge < -0.3 is 20.8 Å². The van der Waals surface area contributed by atoms with E-state index >= 15 is 0 Å². The summed E-state index contributed by atoms with van der Waals surface area (Å²) in [5.41, 5.74) is -1.53. The fraction of sp³-hybridized carbons (Fsp3) is 0.0667. The number of benzene rings is 2. The van der Waals surface area contributed by atoms with E-state index in [9.17, 15) is 27.9 Å². The van der Waals surface area contributed by atoms with Crippen LogP contribution in [0, 0.1) is 0 Å². The summed E-state index contributed by atoms with van der Waals surface area (Å²) in [6.45, 7) is 0. The summed E-state index contributed by atoms with van der Waals surface area (Å²) in [7, 11) is 0. The molecule has 2 rings (SSSR count). The molecule has 4 N–H and O–H groups in total. The van der Waals surface area contributed by atoms with Crippen molar-refractivity contribution in [3.8, 4) is 5.75 Å². The summed E-state index contributed by atoms with van der Waals surface area (Å²) in [6, 6.07) is 6.30. The van der Waals surface area contributed by atoms with Crippen LogP contribution in [0.5, 0.6) is 5.75 Å². The molecule has 0 atom stereocenters. The van der Waals surface area contributed by atoms with Gasteiger partial charge in [0.2, 0.25) is 0 Å². The number of aromatic carboxylic acids is 1. The molecule has 0 saturated heterocycles. The van der Waals surface area contributed by atoms with Crippen LogP contribution >= 0.6 is 0 Å². The number of phenols is 1. The molecule has 0 bridgehead atoms. The SMILES string of the molecule is O=C(Nc1cccc(C(F)(F)F)c1)Nc1ccc(O)cc1C(=O)O. The highest BCUT2D eigenvalue weighted by Gasteiger charge is 2.30. The molecular weight excluding hydrogens is 329 g/mol. The average molecular weight is 340 g/mol. The third-order valence-electron chi connectivity index (χ3n) is 2.93. The second-order valence-electron chi connectivity index (χ2n) is 4.69. The molecule has 0 aliphatic heterocycles. The van der Waals surface area contributed by atoms with Crippen molar-refractivity contribution in [2.24, 2.45) is 0 Å². The first-order valence-corrected chi connectivity index (χ1v) is 6.48. The van der Waals surface area contributed by atoms with E-state index in [2.05, 4.69) is 10.6 Å². The number of amides is 2. The molecule has 0 aromatic heterocycles. The van der Waals surface area contributed by atoms with Gasteiger partial charge in [0.05, 0.1) is 16.8 Å². The Hall–Kier alpha value is -3.23. The van der Waals surface area contributed by atoms with E-state index in [1.54, 1.807) is 0 Å². The van der Waals surface area contributed by atoms with Crippen LogP contribution in [0.1, 0.15) is 15.9 Å². The van der Waals surface area contributed by atoms with Crippen molar-refractivity contribution in [1.29, 1.82) is 0 Å². The summed E-state index contributed by atoms with van der Waals surface area (Å²) in [5.74, 6) is -1.70. The largest absolute Gasteiger partial charge is 0.508 e. The van der Waals surface area contributed by atoms with Gasteiger partial charge in [-0.2, -0.15) is 13.2 Å². The molecule has 9 heteroatoms. The first-order valence-electron chi connectivity index (χ1n) is 6.48. The fourth-order valence-corrected chi connectivity index (χ4v) is 1.88. The summed E-state index contributed by atoms with van der Waals surface area (Å²) in [6.07, 6.45) is -4.55. The number of hydrogen-bond donors (Lipinski definition) is 4. The van der Waals surface area contributed by atoms with Gasteiger partial charge in [-0.05, 0) is 36.4 Å². The number of hydrogen-bond acceptors (Lipinski definition) is 3. The topological polar surface area (TPSA) is 98.7 Å². The fourth-order valence-electron chi connectivity index (χ4n) is 1.88. The molecule has 2 aromatic carbocycles. The van der Waals surface area contributed by atoms with Crippen LogP contribution < -0.4 is 10.6 Å². The Morgan fingerprint density at radius 2 is 1.71 bits per heavy atom. The van der Waals surface area contributed by atoms with Gasteiger partial charge in [0.15, 0.2) is 0 Å². The molecular formula is C15H11F3N2O4. The van der Waals surface area contributed by atoms with Crippen molar-refractivity contribution in [2.45, 2.75) is 6.18 Å². The molecule has 24 heavy (non-hydrogen) atoms. The summed E-state index contributed by atoms with van der Waals surface area (Å²) < 4.78 is 37.8. The number of urea groups is 1. The number of carbonyl (C=O) groups is 2. The van der Waals surface area contributed by atoms with E-state index in [0.29, 0.717) is 0 Å². The molecule has 0 spiro atoms. The first kappa shape index (κ1) is 17.1. The summed E-state index contributed by atoms with van der Waals surface area (Å²) in [5, 5.41) is 22.7. The number of anilines is 2. The van der Waals surface area contributed by atoms with E-state index in [1.165, 1.54) is 6.07 Å². The van der Waals surface area contributed by atoms with Gasteiger partial charge in [0.25, 0.3) is 0 Å². The molecule has 0 fully saturated rings. The quantitative estimate of drug-likeness (QED) is 0.640. The number of nitrogens with one attached hydrogen (secondary N) is 2. The summed E-state index contributed by atoms with van der Waals surface area (Å²) >= 11 is 0. The Kier molecular flexibility index (Phi) is 4.63. The van der Waals surface area contributed by atoms with Crippen molar-refractivity contribution >= 4 is 23.4 Å². The minimum absolute atomic E-state index is 0.113. The summed E-state index contributed by atoms with van der Waals surface area (Å²) in [4.78, 5) is 22.9. The number of alkyl halides is 3. The minimum Gasteiger partial charge on any atom is -0.508 e. The molecule has 0 unspecified atom stereocenters. The van der Waals surface area contributed by atoms with Crippen LogP contribution in [0.4, 0.5) is 29.3 Å². The van der Waals surface area contributed by atoms with Gasteiger partial charge in [-0.3, -0.25) is 0 Å². The normalized spacial score (nSPS) is 11.0. The van der Waals surface area contributed by atoms with E-state index in [1.807, 2.05) is 0 Å². The van der Waals surface area contributed by atoms with E-state index in [0.717, 1.165) is 36.4 Å². The van der Waals surface area contributed by atoms with Crippen molar-refractivity contribution in [1.82, 2.24) is 0 Å². The average Bonchev–Trinajstić information content (AvgIpc) is 2.48. The Labute approximate surface area is 133 Å².